The SMILES string of the molecule is Cc1ccccc1SCC(=O)OCC(=O)Nc1ccc(Cl)c(S(=O)(=O)N(C)C)c1. The Morgan fingerprint density at radius 1 is 1.17 bits per heavy atom. The minimum atomic E-state index is -3.77. The van der Waals surface area contributed by atoms with Crippen molar-refractivity contribution < 1.29 is 22.7 Å². The minimum Gasteiger partial charge on any atom is -0.455 e. The van der Waals surface area contributed by atoms with Gasteiger partial charge in [0.1, 0.15) is 4.90 Å². The topological polar surface area (TPSA) is 92.8 Å². The monoisotopic (exact) mass is 456 g/mol. The van der Waals surface area contributed by atoms with Crippen molar-refractivity contribution >= 4 is 50.9 Å². The van der Waals surface area contributed by atoms with Gasteiger partial charge in [-0.05, 0) is 36.8 Å². The highest BCUT2D eigenvalue weighted by atomic mass is 35.5. The summed E-state index contributed by atoms with van der Waals surface area (Å²) in [7, 11) is -1.01. The maximum atomic E-state index is 12.3. The predicted molar refractivity (Wildman–Crippen MR) is 114 cm³/mol. The summed E-state index contributed by atoms with van der Waals surface area (Å²) >= 11 is 7.30. The minimum absolute atomic E-state index is 0.0383. The van der Waals surface area contributed by atoms with Crippen molar-refractivity contribution in [1.29, 1.82) is 0 Å². The second-order valence-corrected chi connectivity index (χ2v) is 9.74. The van der Waals surface area contributed by atoms with E-state index in [2.05, 4.69) is 5.32 Å². The first kappa shape index (κ1) is 23.2. The van der Waals surface area contributed by atoms with Crippen LogP contribution in [-0.2, 0) is 24.3 Å². The fourth-order valence-electron chi connectivity index (χ4n) is 2.22. The lowest BCUT2D eigenvalue weighted by Crippen LogP contribution is -2.24. The van der Waals surface area contributed by atoms with Crippen LogP contribution in [0.25, 0.3) is 0 Å². The van der Waals surface area contributed by atoms with Gasteiger partial charge >= 0.3 is 5.97 Å². The Morgan fingerprint density at radius 2 is 1.86 bits per heavy atom. The number of hydrogen-bond donors (Lipinski definition) is 1. The Balaban J connectivity index is 1.91. The number of esters is 1. The molecule has 0 saturated carbocycles. The van der Waals surface area contributed by atoms with Crippen LogP contribution in [0, 0.1) is 6.92 Å². The first-order valence-corrected chi connectivity index (χ1v) is 11.3. The number of rotatable bonds is 8. The second-order valence-electron chi connectivity index (χ2n) is 6.20. The first-order valence-electron chi connectivity index (χ1n) is 8.47. The summed E-state index contributed by atoms with van der Waals surface area (Å²) in [4.78, 5) is 24.7. The van der Waals surface area contributed by atoms with E-state index in [0.29, 0.717) is 0 Å². The molecule has 0 saturated heterocycles. The molecule has 156 valence electrons. The van der Waals surface area contributed by atoms with Crippen LogP contribution in [-0.4, -0.2) is 51.1 Å². The number of ether oxygens (including phenoxy) is 1. The number of nitrogens with zero attached hydrogens (tertiary/aromatic N) is 1. The summed E-state index contributed by atoms with van der Waals surface area (Å²) in [6.45, 7) is 1.46. The Labute approximate surface area is 179 Å². The average Bonchev–Trinajstić information content (AvgIpc) is 2.67. The average molecular weight is 457 g/mol. The van der Waals surface area contributed by atoms with Crippen molar-refractivity contribution in [3.63, 3.8) is 0 Å². The van der Waals surface area contributed by atoms with Gasteiger partial charge in [0.05, 0.1) is 10.8 Å². The fourth-order valence-corrected chi connectivity index (χ4v) is 4.44. The molecule has 0 heterocycles. The van der Waals surface area contributed by atoms with Crippen LogP contribution in [0.5, 0.6) is 0 Å². The summed E-state index contributed by atoms with van der Waals surface area (Å²) in [5.41, 5.74) is 1.28. The van der Waals surface area contributed by atoms with Crippen molar-refractivity contribution in [1.82, 2.24) is 4.31 Å². The molecule has 29 heavy (non-hydrogen) atoms. The van der Waals surface area contributed by atoms with Gasteiger partial charge in [0.25, 0.3) is 5.91 Å². The molecule has 0 aliphatic carbocycles. The summed E-state index contributed by atoms with van der Waals surface area (Å²) in [6.07, 6.45) is 0. The molecule has 0 radical (unpaired) electrons. The number of sulfonamides is 1. The first-order chi connectivity index (χ1) is 13.6. The van der Waals surface area contributed by atoms with E-state index < -0.39 is 28.5 Å². The second kappa shape index (κ2) is 10.1. The zero-order valence-electron chi connectivity index (χ0n) is 16.1. The van der Waals surface area contributed by atoms with Crippen LogP contribution in [0.1, 0.15) is 5.56 Å². The number of hydrogen-bond acceptors (Lipinski definition) is 6. The number of amides is 1. The van der Waals surface area contributed by atoms with E-state index in [-0.39, 0.29) is 21.4 Å². The number of benzene rings is 2. The lowest BCUT2D eigenvalue weighted by atomic mass is 10.2. The number of nitrogens with one attached hydrogen (secondary N) is 1. The van der Waals surface area contributed by atoms with Crippen molar-refractivity contribution in [3.05, 3.63) is 53.1 Å². The standard InChI is InChI=1S/C19H21ClN2O5S2/c1-13-6-4-5-7-16(13)28-12-19(24)27-11-18(23)21-14-8-9-15(20)17(10-14)29(25,26)22(2)3/h4-10H,11-12H2,1-3H3,(H,21,23). The molecule has 0 atom stereocenters. The van der Waals surface area contributed by atoms with Gasteiger partial charge in [-0.2, -0.15) is 0 Å². The molecule has 2 rings (SSSR count). The highest BCUT2D eigenvalue weighted by Gasteiger charge is 2.21. The van der Waals surface area contributed by atoms with Crippen LogP contribution in [0.3, 0.4) is 0 Å². The van der Waals surface area contributed by atoms with E-state index in [9.17, 15) is 18.0 Å². The molecule has 0 bridgehead atoms. The van der Waals surface area contributed by atoms with Gasteiger partial charge in [0.15, 0.2) is 6.61 Å². The normalized spacial score (nSPS) is 11.3. The Kier molecular flexibility index (Phi) is 8.09. The molecule has 2 aromatic carbocycles. The largest absolute Gasteiger partial charge is 0.455 e. The smallest absolute Gasteiger partial charge is 0.316 e. The van der Waals surface area contributed by atoms with E-state index in [1.165, 1.54) is 44.1 Å². The van der Waals surface area contributed by atoms with Crippen molar-refractivity contribution in [2.45, 2.75) is 16.7 Å². The zero-order chi connectivity index (χ0) is 21.6. The van der Waals surface area contributed by atoms with Gasteiger partial charge in [0, 0.05) is 24.7 Å². The number of aryl methyl sites for hydroxylation is 1. The Bertz CT molecular complexity index is 1010. The van der Waals surface area contributed by atoms with Crippen molar-refractivity contribution in [2.75, 3.05) is 31.8 Å². The van der Waals surface area contributed by atoms with E-state index >= 15 is 0 Å². The number of halogens is 1. The third-order valence-electron chi connectivity index (χ3n) is 3.78. The molecular formula is C19H21ClN2O5S2. The van der Waals surface area contributed by atoms with E-state index in [1.54, 1.807) is 0 Å². The summed E-state index contributed by atoms with van der Waals surface area (Å²) in [6, 6.07) is 11.7. The van der Waals surface area contributed by atoms with Gasteiger partial charge in [-0.3, -0.25) is 9.59 Å². The van der Waals surface area contributed by atoms with Crippen molar-refractivity contribution in [2.24, 2.45) is 0 Å². The molecule has 0 spiro atoms. The molecule has 0 aliphatic heterocycles. The summed E-state index contributed by atoms with van der Waals surface area (Å²) < 4.78 is 30.5. The van der Waals surface area contributed by atoms with Crippen LogP contribution in [0.2, 0.25) is 5.02 Å². The molecule has 7 nitrogen and oxygen atoms in total. The third-order valence-corrected chi connectivity index (χ3v) is 7.22. The number of carbonyl (C=O) groups is 2. The molecule has 0 aromatic heterocycles. The molecular weight excluding hydrogens is 436 g/mol. The van der Waals surface area contributed by atoms with Crippen LogP contribution in [0.4, 0.5) is 5.69 Å². The highest BCUT2D eigenvalue weighted by Crippen LogP contribution is 2.27. The van der Waals surface area contributed by atoms with Gasteiger partial charge < -0.3 is 10.1 Å². The molecule has 10 heteroatoms. The molecule has 1 N–H and O–H groups in total. The summed E-state index contributed by atoms with van der Waals surface area (Å²) in [5, 5.41) is 2.53. The zero-order valence-corrected chi connectivity index (χ0v) is 18.5. The number of anilines is 1. The summed E-state index contributed by atoms with van der Waals surface area (Å²) in [5.74, 6) is -1.04. The van der Waals surface area contributed by atoms with Crippen molar-refractivity contribution in [3.8, 4) is 0 Å². The van der Waals surface area contributed by atoms with Crippen LogP contribution >= 0.6 is 23.4 Å². The fraction of sp³-hybridized carbons (Fsp3) is 0.263. The van der Waals surface area contributed by atoms with E-state index in [1.807, 2.05) is 31.2 Å². The highest BCUT2D eigenvalue weighted by molar-refractivity contribution is 8.00. The van der Waals surface area contributed by atoms with Crippen LogP contribution < -0.4 is 5.32 Å². The number of carbonyl (C=O) groups excluding carboxylic acids is 2. The molecule has 1 amide bonds. The maximum Gasteiger partial charge on any atom is 0.316 e. The Hall–Kier alpha value is -2.07. The molecule has 0 aliphatic rings. The Morgan fingerprint density at radius 3 is 2.52 bits per heavy atom. The van der Waals surface area contributed by atoms with Gasteiger partial charge in [-0.25, -0.2) is 12.7 Å². The predicted octanol–water partition coefficient (Wildman–Crippen LogP) is 3.17. The maximum absolute atomic E-state index is 12.3. The molecule has 2 aromatic rings. The number of thioether (sulfide) groups is 1. The van der Waals surface area contributed by atoms with Crippen LogP contribution in [0.15, 0.2) is 52.3 Å². The quantitative estimate of drug-likeness (QED) is 0.484. The van der Waals surface area contributed by atoms with Gasteiger partial charge in [0.2, 0.25) is 10.0 Å². The van der Waals surface area contributed by atoms with Gasteiger partial charge in [-0.1, -0.05) is 29.8 Å². The molecule has 0 fully saturated rings. The lowest BCUT2D eigenvalue weighted by molar-refractivity contribution is -0.144. The lowest BCUT2D eigenvalue weighted by Gasteiger charge is -2.14. The third kappa shape index (κ3) is 6.46. The van der Waals surface area contributed by atoms with E-state index in [4.69, 9.17) is 16.3 Å². The van der Waals surface area contributed by atoms with Gasteiger partial charge in [-0.15, -0.1) is 11.8 Å². The van der Waals surface area contributed by atoms with E-state index in [0.717, 1.165) is 14.8 Å². The molecule has 0 unspecified atom stereocenters.